The number of nitrogens with zero attached hydrogens (tertiary/aromatic N) is 1. The lowest BCUT2D eigenvalue weighted by Crippen LogP contribution is -2.40. The van der Waals surface area contributed by atoms with Crippen LogP contribution in [0.1, 0.15) is 30.9 Å². The first-order valence-corrected chi connectivity index (χ1v) is 8.05. The van der Waals surface area contributed by atoms with Crippen molar-refractivity contribution >= 4 is 17.4 Å². The van der Waals surface area contributed by atoms with Gasteiger partial charge in [0, 0.05) is 5.54 Å². The summed E-state index contributed by atoms with van der Waals surface area (Å²) >= 11 is 1.78. The highest BCUT2D eigenvalue weighted by molar-refractivity contribution is 7.08. The Morgan fingerprint density at radius 3 is 2.45 bits per heavy atom. The summed E-state index contributed by atoms with van der Waals surface area (Å²) in [5, 5.41) is 4.45. The van der Waals surface area contributed by atoms with E-state index in [4.69, 9.17) is 0 Å². The van der Waals surface area contributed by atoms with Crippen LogP contribution in [-0.4, -0.2) is 19.0 Å². The minimum atomic E-state index is 0.102. The van der Waals surface area contributed by atoms with E-state index in [0.29, 0.717) is 0 Å². The Hall–Kier alpha value is -1.38. The topological polar surface area (TPSA) is 3.24 Å². The Morgan fingerprint density at radius 1 is 1.15 bits per heavy atom. The van der Waals surface area contributed by atoms with E-state index in [0.717, 1.165) is 12.8 Å². The van der Waals surface area contributed by atoms with E-state index >= 15 is 0 Å². The molecule has 2 rings (SSSR count). The van der Waals surface area contributed by atoms with Crippen molar-refractivity contribution < 1.29 is 0 Å². The first-order chi connectivity index (χ1) is 9.69. The molecule has 2 heteroatoms. The molecule has 0 aliphatic rings. The van der Waals surface area contributed by atoms with Crippen LogP contribution in [0, 0.1) is 0 Å². The molecule has 1 atom stereocenters. The predicted octanol–water partition coefficient (Wildman–Crippen LogP) is 5.02. The molecule has 1 unspecified atom stereocenters. The van der Waals surface area contributed by atoms with Gasteiger partial charge in [-0.25, -0.2) is 0 Å². The number of hydrogen-bond donors (Lipinski definition) is 0. The van der Waals surface area contributed by atoms with Gasteiger partial charge in [-0.05, 0) is 54.9 Å². The maximum atomic E-state index is 2.35. The Balaban J connectivity index is 2.19. The van der Waals surface area contributed by atoms with Crippen molar-refractivity contribution in [1.82, 2.24) is 4.90 Å². The number of thiophene rings is 1. The second kappa shape index (κ2) is 6.87. The van der Waals surface area contributed by atoms with Crippen LogP contribution < -0.4 is 0 Å². The monoisotopic (exact) mass is 285 g/mol. The van der Waals surface area contributed by atoms with Crippen molar-refractivity contribution in [3.63, 3.8) is 0 Å². The lowest BCUT2D eigenvalue weighted by Gasteiger charge is -2.38. The van der Waals surface area contributed by atoms with Gasteiger partial charge < -0.3 is 0 Å². The first kappa shape index (κ1) is 15.0. The van der Waals surface area contributed by atoms with Gasteiger partial charge in [-0.15, -0.1) is 0 Å². The van der Waals surface area contributed by atoms with E-state index in [2.05, 4.69) is 85.2 Å². The van der Waals surface area contributed by atoms with Gasteiger partial charge in [0.1, 0.15) is 0 Å². The first-order valence-electron chi connectivity index (χ1n) is 7.11. The molecule has 2 aromatic rings. The standard InChI is InChI=1S/C18H23NS/c1-4-18(19(2)3,17-12-14-20-15-17)13-8-11-16-9-6-5-7-10-16/h5-12,14-15H,4,13H2,1-3H3. The lowest BCUT2D eigenvalue weighted by molar-refractivity contribution is 0.148. The molecule has 1 aromatic carbocycles. The zero-order valence-electron chi connectivity index (χ0n) is 12.5. The molecule has 0 fully saturated rings. The van der Waals surface area contributed by atoms with E-state index in [9.17, 15) is 0 Å². The molecule has 0 aliphatic carbocycles. The number of benzene rings is 1. The van der Waals surface area contributed by atoms with Gasteiger partial charge in [0.25, 0.3) is 0 Å². The van der Waals surface area contributed by atoms with Gasteiger partial charge in [-0.3, -0.25) is 4.90 Å². The van der Waals surface area contributed by atoms with Gasteiger partial charge in [-0.2, -0.15) is 11.3 Å². The molecule has 0 radical (unpaired) electrons. The van der Waals surface area contributed by atoms with Crippen LogP contribution in [0.4, 0.5) is 0 Å². The summed E-state index contributed by atoms with van der Waals surface area (Å²) in [6.45, 7) is 2.27. The summed E-state index contributed by atoms with van der Waals surface area (Å²) in [5.41, 5.74) is 2.79. The van der Waals surface area contributed by atoms with Crippen molar-refractivity contribution in [2.45, 2.75) is 25.3 Å². The van der Waals surface area contributed by atoms with Crippen molar-refractivity contribution in [2.24, 2.45) is 0 Å². The third-order valence-electron chi connectivity index (χ3n) is 4.06. The third-order valence-corrected chi connectivity index (χ3v) is 4.75. The summed E-state index contributed by atoms with van der Waals surface area (Å²) < 4.78 is 0. The Morgan fingerprint density at radius 2 is 1.90 bits per heavy atom. The molecular formula is C18H23NS. The zero-order chi connectivity index (χ0) is 14.4. The molecule has 0 spiro atoms. The zero-order valence-corrected chi connectivity index (χ0v) is 13.4. The van der Waals surface area contributed by atoms with E-state index in [1.54, 1.807) is 11.3 Å². The van der Waals surface area contributed by atoms with Crippen molar-refractivity contribution in [2.75, 3.05) is 14.1 Å². The van der Waals surface area contributed by atoms with Crippen molar-refractivity contribution in [3.05, 3.63) is 64.4 Å². The van der Waals surface area contributed by atoms with Crippen molar-refractivity contribution in [1.29, 1.82) is 0 Å². The summed E-state index contributed by atoms with van der Waals surface area (Å²) in [7, 11) is 4.36. The molecular weight excluding hydrogens is 262 g/mol. The Kier molecular flexibility index (Phi) is 5.16. The smallest absolute Gasteiger partial charge is 0.0495 e. The van der Waals surface area contributed by atoms with E-state index in [1.165, 1.54) is 11.1 Å². The molecule has 0 aliphatic heterocycles. The highest BCUT2D eigenvalue weighted by atomic mass is 32.1. The van der Waals surface area contributed by atoms with E-state index in [1.807, 2.05) is 0 Å². The largest absolute Gasteiger partial charge is 0.299 e. The average Bonchev–Trinajstić information content (AvgIpc) is 2.99. The fourth-order valence-electron chi connectivity index (χ4n) is 2.71. The summed E-state index contributed by atoms with van der Waals surface area (Å²) in [4.78, 5) is 2.35. The molecule has 0 N–H and O–H groups in total. The fraction of sp³-hybridized carbons (Fsp3) is 0.333. The molecule has 0 saturated carbocycles. The van der Waals surface area contributed by atoms with Crippen LogP contribution >= 0.6 is 11.3 Å². The molecule has 20 heavy (non-hydrogen) atoms. The van der Waals surface area contributed by atoms with Crippen LogP contribution in [0.3, 0.4) is 0 Å². The summed E-state index contributed by atoms with van der Waals surface area (Å²) in [6, 6.07) is 12.8. The van der Waals surface area contributed by atoms with Gasteiger partial charge in [0.15, 0.2) is 0 Å². The maximum Gasteiger partial charge on any atom is 0.0495 e. The normalized spacial score (nSPS) is 14.8. The van der Waals surface area contributed by atoms with E-state index < -0.39 is 0 Å². The molecule has 106 valence electrons. The minimum Gasteiger partial charge on any atom is -0.299 e. The van der Waals surface area contributed by atoms with Crippen molar-refractivity contribution in [3.8, 4) is 0 Å². The molecule has 0 amide bonds. The highest BCUT2D eigenvalue weighted by Gasteiger charge is 2.31. The second-order valence-corrected chi connectivity index (χ2v) is 6.09. The van der Waals surface area contributed by atoms with Gasteiger partial charge in [-0.1, -0.05) is 49.4 Å². The number of hydrogen-bond acceptors (Lipinski definition) is 2. The maximum absolute atomic E-state index is 2.35. The van der Waals surface area contributed by atoms with Gasteiger partial charge in [0.05, 0.1) is 0 Å². The molecule has 0 saturated heterocycles. The van der Waals surface area contributed by atoms with Crippen LogP contribution in [0.2, 0.25) is 0 Å². The molecule has 0 bridgehead atoms. The fourth-order valence-corrected chi connectivity index (χ4v) is 3.45. The van der Waals surface area contributed by atoms with E-state index in [-0.39, 0.29) is 5.54 Å². The highest BCUT2D eigenvalue weighted by Crippen LogP contribution is 2.35. The predicted molar refractivity (Wildman–Crippen MR) is 90.1 cm³/mol. The Bertz CT molecular complexity index is 528. The molecule has 1 nitrogen and oxygen atoms in total. The average molecular weight is 285 g/mol. The quantitative estimate of drug-likeness (QED) is 0.720. The summed E-state index contributed by atoms with van der Waals surface area (Å²) in [5.74, 6) is 0. The SMILES string of the molecule is CCC(CC=Cc1ccccc1)(c1ccsc1)N(C)C. The molecule has 1 heterocycles. The third kappa shape index (κ3) is 3.20. The van der Waals surface area contributed by atoms with Crippen LogP contribution in [-0.2, 0) is 5.54 Å². The van der Waals surface area contributed by atoms with Crippen LogP contribution in [0.25, 0.3) is 6.08 Å². The van der Waals surface area contributed by atoms with Crippen LogP contribution in [0.15, 0.2) is 53.2 Å². The van der Waals surface area contributed by atoms with Gasteiger partial charge >= 0.3 is 0 Å². The Labute approximate surface area is 126 Å². The number of rotatable bonds is 6. The minimum absolute atomic E-state index is 0.102. The molecule has 1 aromatic heterocycles. The second-order valence-electron chi connectivity index (χ2n) is 5.31. The summed E-state index contributed by atoms with van der Waals surface area (Å²) in [6.07, 6.45) is 6.66. The lowest BCUT2D eigenvalue weighted by atomic mass is 9.84. The van der Waals surface area contributed by atoms with Crippen LogP contribution in [0.5, 0.6) is 0 Å². The van der Waals surface area contributed by atoms with Gasteiger partial charge in [0.2, 0.25) is 0 Å².